The molecule has 3 N–H and O–H groups in total. The van der Waals surface area contributed by atoms with Gasteiger partial charge in [0.15, 0.2) is 11.7 Å². The summed E-state index contributed by atoms with van der Waals surface area (Å²) in [7, 11) is -3.93. The molecule has 0 bridgehead atoms. The molecule has 1 heterocycles. The van der Waals surface area contributed by atoms with Gasteiger partial charge in [-0.3, -0.25) is 0 Å². The Kier molecular flexibility index (Phi) is 4.71. The minimum atomic E-state index is -3.93. The van der Waals surface area contributed by atoms with Crippen molar-refractivity contribution in [3.8, 4) is 22.6 Å². The van der Waals surface area contributed by atoms with Crippen LogP contribution in [-0.2, 0) is 16.4 Å². The number of oxazole rings is 1. The smallest absolute Gasteiger partial charge is 0.238 e. The molecule has 1 unspecified atom stereocenters. The Morgan fingerprint density at radius 2 is 1.76 bits per heavy atom. The number of aromatic nitrogens is 1. The fourth-order valence-electron chi connectivity index (χ4n) is 2.58. The summed E-state index contributed by atoms with van der Waals surface area (Å²) in [6.07, 6.45) is -0.416. The number of sulfonamides is 1. The van der Waals surface area contributed by atoms with Gasteiger partial charge in [-0.15, -0.1) is 0 Å². The number of aliphatic hydroxyl groups is 1. The minimum Gasteiger partial charge on any atom is -0.440 e. The van der Waals surface area contributed by atoms with Gasteiger partial charge in [-0.05, 0) is 19.1 Å². The second-order valence-electron chi connectivity index (χ2n) is 5.75. The van der Waals surface area contributed by atoms with Gasteiger partial charge < -0.3 is 9.52 Å². The molecule has 0 saturated heterocycles. The number of nitrogens with zero attached hydrogens (tertiary/aromatic N) is 1. The molecule has 6 nitrogen and oxygen atoms in total. The molecule has 0 radical (unpaired) electrons. The third-order valence-corrected chi connectivity index (χ3v) is 4.60. The van der Waals surface area contributed by atoms with E-state index in [-0.39, 0.29) is 11.3 Å². The summed E-state index contributed by atoms with van der Waals surface area (Å²) in [6.45, 7) is 1.63. The second kappa shape index (κ2) is 6.79. The molecule has 3 rings (SSSR count). The summed E-state index contributed by atoms with van der Waals surface area (Å²) in [6, 6.07) is 15.6. The van der Waals surface area contributed by atoms with Crippen LogP contribution in [0.1, 0.15) is 12.8 Å². The fourth-order valence-corrected chi connectivity index (χ4v) is 3.32. The molecular formula is C18H18N2O4S. The first-order valence-electron chi connectivity index (χ1n) is 7.71. The van der Waals surface area contributed by atoms with E-state index in [9.17, 15) is 13.5 Å². The standard InChI is InChI=1S/C18H18N2O4S/c1-12(21)11-16-20-17(13-7-3-2-4-8-13)18(24-16)14-9-5-6-10-15(14)25(19,22)23/h2-10,12,21H,11H2,1H3,(H2,19,22,23). The van der Waals surface area contributed by atoms with E-state index in [1.807, 2.05) is 30.3 Å². The molecule has 25 heavy (non-hydrogen) atoms. The normalized spacial score (nSPS) is 12.9. The van der Waals surface area contributed by atoms with Crippen LogP contribution in [0.2, 0.25) is 0 Å². The van der Waals surface area contributed by atoms with Crippen molar-refractivity contribution in [1.82, 2.24) is 4.98 Å². The van der Waals surface area contributed by atoms with Gasteiger partial charge in [-0.2, -0.15) is 0 Å². The Morgan fingerprint density at radius 3 is 2.40 bits per heavy atom. The van der Waals surface area contributed by atoms with E-state index in [0.29, 0.717) is 22.9 Å². The first-order chi connectivity index (χ1) is 11.9. The third kappa shape index (κ3) is 3.79. The lowest BCUT2D eigenvalue weighted by Gasteiger charge is -2.06. The van der Waals surface area contributed by atoms with Crippen LogP contribution in [0.25, 0.3) is 22.6 Å². The first-order valence-corrected chi connectivity index (χ1v) is 9.26. The highest BCUT2D eigenvalue weighted by molar-refractivity contribution is 7.89. The Balaban J connectivity index is 2.24. The van der Waals surface area contributed by atoms with Gasteiger partial charge in [0.1, 0.15) is 5.69 Å². The van der Waals surface area contributed by atoms with E-state index in [1.165, 1.54) is 6.07 Å². The van der Waals surface area contributed by atoms with Gasteiger partial charge in [-0.25, -0.2) is 18.5 Å². The molecular weight excluding hydrogens is 340 g/mol. The highest BCUT2D eigenvalue weighted by atomic mass is 32.2. The predicted octanol–water partition coefficient (Wildman–Crippen LogP) is 2.58. The van der Waals surface area contributed by atoms with Crippen LogP contribution in [0, 0.1) is 0 Å². The summed E-state index contributed by atoms with van der Waals surface area (Å²) in [4.78, 5) is 4.42. The lowest BCUT2D eigenvalue weighted by molar-refractivity contribution is 0.185. The zero-order valence-electron chi connectivity index (χ0n) is 13.6. The summed E-state index contributed by atoms with van der Waals surface area (Å²) < 4.78 is 29.7. The van der Waals surface area contributed by atoms with E-state index >= 15 is 0 Å². The van der Waals surface area contributed by atoms with E-state index in [4.69, 9.17) is 9.56 Å². The van der Waals surface area contributed by atoms with Crippen molar-refractivity contribution in [1.29, 1.82) is 0 Å². The number of hydrogen-bond donors (Lipinski definition) is 2. The SMILES string of the molecule is CC(O)Cc1nc(-c2ccccc2)c(-c2ccccc2S(N)(=O)=O)o1. The molecule has 130 valence electrons. The summed E-state index contributed by atoms with van der Waals surface area (Å²) in [5.41, 5.74) is 1.63. The molecule has 2 aromatic carbocycles. The van der Waals surface area contributed by atoms with Crippen LogP contribution in [0.15, 0.2) is 63.9 Å². The quantitative estimate of drug-likeness (QED) is 0.729. The number of nitrogens with two attached hydrogens (primary N) is 1. The van der Waals surface area contributed by atoms with Crippen LogP contribution >= 0.6 is 0 Å². The molecule has 0 spiro atoms. The van der Waals surface area contributed by atoms with Crippen LogP contribution in [0.5, 0.6) is 0 Å². The Labute approximate surface area is 146 Å². The van der Waals surface area contributed by atoms with E-state index < -0.39 is 16.1 Å². The maximum Gasteiger partial charge on any atom is 0.238 e. The maximum absolute atomic E-state index is 11.9. The molecule has 1 atom stereocenters. The lowest BCUT2D eigenvalue weighted by atomic mass is 10.1. The average Bonchev–Trinajstić information content (AvgIpc) is 2.98. The van der Waals surface area contributed by atoms with Crippen LogP contribution in [0.3, 0.4) is 0 Å². The van der Waals surface area contributed by atoms with E-state index in [0.717, 1.165) is 5.56 Å². The molecule has 3 aromatic rings. The number of rotatable bonds is 5. The van der Waals surface area contributed by atoms with Crippen LogP contribution in [-0.4, -0.2) is 24.6 Å². The van der Waals surface area contributed by atoms with Gasteiger partial charge in [-0.1, -0.05) is 42.5 Å². The highest BCUT2D eigenvalue weighted by Crippen LogP contribution is 2.36. The molecule has 7 heteroatoms. The Morgan fingerprint density at radius 1 is 1.12 bits per heavy atom. The van der Waals surface area contributed by atoms with Gasteiger partial charge in [0.25, 0.3) is 0 Å². The van der Waals surface area contributed by atoms with Crippen molar-refractivity contribution in [3.05, 3.63) is 60.5 Å². The maximum atomic E-state index is 11.9. The van der Waals surface area contributed by atoms with E-state index in [2.05, 4.69) is 4.98 Å². The van der Waals surface area contributed by atoms with Crippen molar-refractivity contribution in [2.24, 2.45) is 5.14 Å². The van der Waals surface area contributed by atoms with Crippen molar-refractivity contribution in [2.75, 3.05) is 0 Å². The third-order valence-electron chi connectivity index (χ3n) is 3.63. The molecule has 0 saturated carbocycles. The summed E-state index contributed by atoms with van der Waals surface area (Å²) in [5.74, 6) is 0.638. The molecule has 0 aliphatic rings. The fraction of sp³-hybridized carbons (Fsp3) is 0.167. The van der Waals surface area contributed by atoms with Crippen molar-refractivity contribution in [2.45, 2.75) is 24.3 Å². The minimum absolute atomic E-state index is 0.0353. The van der Waals surface area contributed by atoms with Crippen molar-refractivity contribution < 1.29 is 17.9 Å². The topological polar surface area (TPSA) is 106 Å². The summed E-state index contributed by atoms with van der Waals surface area (Å²) >= 11 is 0. The average molecular weight is 358 g/mol. The number of benzene rings is 2. The van der Waals surface area contributed by atoms with Crippen molar-refractivity contribution in [3.63, 3.8) is 0 Å². The molecule has 0 amide bonds. The van der Waals surface area contributed by atoms with E-state index in [1.54, 1.807) is 25.1 Å². The lowest BCUT2D eigenvalue weighted by Crippen LogP contribution is -2.13. The van der Waals surface area contributed by atoms with Gasteiger partial charge in [0.2, 0.25) is 10.0 Å². The number of primary sulfonamides is 1. The van der Waals surface area contributed by atoms with Crippen molar-refractivity contribution >= 4 is 10.0 Å². The summed E-state index contributed by atoms with van der Waals surface area (Å²) in [5, 5.41) is 15.0. The Hall–Kier alpha value is -2.48. The molecule has 0 aliphatic carbocycles. The number of hydrogen-bond acceptors (Lipinski definition) is 5. The molecule has 0 aliphatic heterocycles. The van der Waals surface area contributed by atoms with Gasteiger partial charge >= 0.3 is 0 Å². The molecule has 0 fully saturated rings. The zero-order valence-corrected chi connectivity index (χ0v) is 14.4. The second-order valence-corrected chi connectivity index (χ2v) is 7.28. The number of aliphatic hydroxyl groups excluding tert-OH is 1. The Bertz CT molecular complexity index is 979. The zero-order chi connectivity index (χ0) is 18.0. The van der Waals surface area contributed by atoms with Gasteiger partial charge in [0, 0.05) is 11.1 Å². The predicted molar refractivity (Wildman–Crippen MR) is 94.1 cm³/mol. The monoisotopic (exact) mass is 358 g/mol. The largest absolute Gasteiger partial charge is 0.440 e. The van der Waals surface area contributed by atoms with Gasteiger partial charge in [0.05, 0.1) is 17.4 Å². The van der Waals surface area contributed by atoms with Crippen LogP contribution in [0.4, 0.5) is 0 Å². The molecule has 1 aromatic heterocycles. The van der Waals surface area contributed by atoms with Crippen LogP contribution < -0.4 is 5.14 Å². The first kappa shape index (κ1) is 17.3. The highest BCUT2D eigenvalue weighted by Gasteiger charge is 2.23.